The van der Waals surface area contributed by atoms with Gasteiger partial charge in [0.05, 0.1) is 11.8 Å². The molecular weight excluding hydrogens is 298 g/mol. The normalized spacial score (nSPS) is 31.9. The summed E-state index contributed by atoms with van der Waals surface area (Å²) < 4.78 is 1.88. The first-order chi connectivity index (χ1) is 11.6. The predicted molar refractivity (Wildman–Crippen MR) is 90.1 cm³/mol. The van der Waals surface area contributed by atoms with Crippen LogP contribution in [0.4, 0.5) is 0 Å². The fraction of sp³-hybridized carbons (Fsp3) is 0.450. The number of benzene rings is 1. The van der Waals surface area contributed by atoms with Gasteiger partial charge < -0.3 is 0 Å². The number of fused-ring (bicyclic) bond motifs is 3. The molecule has 4 nitrogen and oxygen atoms in total. The van der Waals surface area contributed by atoms with E-state index in [0.29, 0.717) is 6.42 Å². The Morgan fingerprint density at radius 3 is 2.79 bits per heavy atom. The smallest absolute Gasteiger partial charge is 0.153 e. The summed E-state index contributed by atoms with van der Waals surface area (Å²) in [5.41, 5.74) is 3.20. The van der Waals surface area contributed by atoms with Crippen molar-refractivity contribution in [3.8, 4) is 6.07 Å². The Morgan fingerprint density at radius 2 is 2.08 bits per heavy atom. The summed E-state index contributed by atoms with van der Waals surface area (Å²) in [6, 6.07) is 12.6. The minimum Gasteiger partial charge on any atom is -0.298 e. The second kappa shape index (κ2) is 5.31. The van der Waals surface area contributed by atoms with E-state index < -0.39 is 5.92 Å². The highest BCUT2D eigenvalue weighted by Crippen LogP contribution is 2.55. The molecule has 0 bridgehead atoms. The van der Waals surface area contributed by atoms with E-state index in [9.17, 15) is 10.1 Å². The van der Waals surface area contributed by atoms with Crippen molar-refractivity contribution in [1.82, 2.24) is 9.78 Å². The van der Waals surface area contributed by atoms with E-state index in [1.165, 1.54) is 11.1 Å². The van der Waals surface area contributed by atoms with Gasteiger partial charge in [0.2, 0.25) is 0 Å². The molecule has 2 aliphatic carbocycles. The van der Waals surface area contributed by atoms with E-state index in [2.05, 4.69) is 24.4 Å². The van der Waals surface area contributed by atoms with Gasteiger partial charge in [-0.3, -0.25) is 9.48 Å². The van der Waals surface area contributed by atoms with Gasteiger partial charge in [-0.15, -0.1) is 0 Å². The molecule has 0 saturated heterocycles. The first kappa shape index (κ1) is 15.1. The highest BCUT2D eigenvalue weighted by atomic mass is 16.1. The van der Waals surface area contributed by atoms with E-state index in [4.69, 9.17) is 5.10 Å². The third-order valence-electron chi connectivity index (χ3n) is 6.05. The monoisotopic (exact) mass is 319 g/mol. The van der Waals surface area contributed by atoms with Gasteiger partial charge in [0, 0.05) is 24.6 Å². The summed E-state index contributed by atoms with van der Waals surface area (Å²) >= 11 is 0. The lowest BCUT2D eigenvalue weighted by atomic mass is 9.51. The number of hydrogen-bond donors (Lipinski definition) is 0. The van der Waals surface area contributed by atoms with Crippen LogP contribution < -0.4 is 0 Å². The van der Waals surface area contributed by atoms with Crippen LogP contribution in [-0.2, 0) is 23.7 Å². The molecule has 1 aromatic heterocycles. The van der Waals surface area contributed by atoms with Crippen LogP contribution in [0.5, 0.6) is 0 Å². The molecule has 24 heavy (non-hydrogen) atoms. The molecule has 2 unspecified atom stereocenters. The maximum absolute atomic E-state index is 12.7. The molecule has 4 atom stereocenters. The molecule has 4 rings (SSSR count). The lowest BCUT2D eigenvalue weighted by Crippen LogP contribution is -2.52. The van der Waals surface area contributed by atoms with Crippen molar-refractivity contribution >= 4 is 5.78 Å². The van der Waals surface area contributed by atoms with Crippen LogP contribution in [0.25, 0.3) is 0 Å². The summed E-state index contributed by atoms with van der Waals surface area (Å²) in [4.78, 5) is 12.7. The molecule has 2 aromatic rings. The van der Waals surface area contributed by atoms with E-state index in [1.807, 2.05) is 36.9 Å². The minimum atomic E-state index is -0.551. The Morgan fingerprint density at radius 1 is 1.33 bits per heavy atom. The van der Waals surface area contributed by atoms with Crippen LogP contribution in [0.3, 0.4) is 0 Å². The Kier molecular flexibility index (Phi) is 3.35. The zero-order chi connectivity index (χ0) is 16.9. The van der Waals surface area contributed by atoms with E-state index in [1.54, 1.807) is 0 Å². The van der Waals surface area contributed by atoms with E-state index in [0.717, 1.165) is 18.5 Å². The standard InChI is InChI=1S/C20H21N3O/c1-13-17-9-8-14-12-23(2)22-19(14)20(17,10-15(11-21)18(13)24)16-6-4-3-5-7-16/h3-7,12-13,15,17H,8-10H2,1-2H3/t13-,15?,17?,20-/m0/s1. The molecule has 122 valence electrons. The maximum atomic E-state index is 12.7. The van der Waals surface area contributed by atoms with Gasteiger partial charge in [-0.2, -0.15) is 10.4 Å². The number of hydrogen-bond acceptors (Lipinski definition) is 3. The second-order valence-electron chi connectivity index (χ2n) is 7.24. The van der Waals surface area contributed by atoms with Crippen LogP contribution in [0, 0.1) is 29.1 Å². The highest BCUT2D eigenvalue weighted by Gasteiger charge is 2.56. The molecule has 2 aliphatic rings. The first-order valence-electron chi connectivity index (χ1n) is 8.60. The van der Waals surface area contributed by atoms with Gasteiger partial charge in [0.15, 0.2) is 5.78 Å². The van der Waals surface area contributed by atoms with Crippen molar-refractivity contribution in [3.63, 3.8) is 0 Å². The first-order valence-corrected chi connectivity index (χ1v) is 8.60. The largest absolute Gasteiger partial charge is 0.298 e. The topological polar surface area (TPSA) is 58.7 Å². The van der Waals surface area contributed by atoms with Crippen molar-refractivity contribution < 1.29 is 4.79 Å². The summed E-state index contributed by atoms with van der Waals surface area (Å²) in [5.74, 6) is -0.351. The van der Waals surface area contributed by atoms with Crippen molar-refractivity contribution in [2.24, 2.45) is 24.8 Å². The van der Waals surface area contributed by atoms with Crippen LogP contribution in [0.1, 0.15) is 36.6 Å². The predicted octanol–water partition coefficient (Wildman–Crippen LogP) is 3.02. The number of ketones is 1. The SMILES string of the molecule is C[C@@H]1C(=O)C(C#N)C[C@@]2(c3ccccc3)c3nn(C)cc3CCC12. The lowest BCUT2D eigenvalue weighted by Gasteiger charge is -2.50. The lowest BCUT2D eigenvalue weighted by molar-refractivity contribution is -0.131. The molecule has 0 radical (unpaired) electrons. The second-order valence-corrected chi connectivity index (χ2v) is 7.24. The Balaban J connectivity index is 2.00. The van der Waals surface area contributed by atoms with Crippen LogP contribution >= 0.6 is 0 Å². The minimum absolute atomic E-state index is 0.105. The van der Waals surface area contributed by atoms with Crippen molar-refractivity contribution in [3.05, 3.63) is 53.3 Å². The third-order valence-corrected chi connectivity index (χ3v) is 6.05. The number of carbonyl (C=O) groups is 1. The average molecular weight is 319 g/mol. The van der Waals surface area contributed by atoms with Crippen molar-refractivity contribution in [2.75, 3.05) is 0 Å². The van der Waals surface area contributed by atoms with Crippen LogP contribution in [0.2, 0.25) is 0 Å². The fourth-order valence-corrected chi connectivity index (χ4v) is 5.01. The zero-order valence-electron chi connectivity index (χ0n) is 14.1. The van der Waals surface area contributed by atoms with Gasteiger partial charge >= 0.3 is 0 Å². The maximum Gasteiger partial charge on any atom is 0.153 e. The Hall–Kier alpha value is -2.41. The van der Waals surface area contributed by atoms with Gasteiger partial charge in [-0.25, -0.2) is 0 Å². The molecule has 1 heterocycles. The summed E-state index contributed by atoms with van der Waals surface area (Å²) in [7, 11) is 1.95. The molecular formula is C20H21N3O. The number of nitriles is 1. The highest BCUT2D eigenvalue weighted by molar-refractivity contribution is 5.87. The number of carbonyl (C=O) groups excluding carboxylic acids is 1. The summed E-state index contributed by atoms with van der Waals surface area (Å²) in [5, 5.41) is 14.4. The Bertz CT molecular complexity index is 832. The summed E-state index contributed by atoms with van der Waals surface area (Å²) in [6.45, 7) is 2.00. The molecule has 1 aromatic carbocycles. The molecule has 4 heteroatoms. The van der Waals surface area contributed by atoms with Gasteiger partial charge in [0.1, 0.15) is 5.92 Å². The van der Waals surface area contributed by atoms with Crippen LogP contribution in [-0.4, -0.2) is 15.6 Å². The Labute approximate surface area is 142 Å². The van der Waals surface area contributed by atoms with Crippen molar-refractivity contribution in [1.29, 1.82) is 5.26 Å². The summed E-state index contributed by atoms with van der Waals surface area (Å²) in [6.07, 6.45) is 4.57. The molecule has 0 N–H and O–H groups in total. The number of rotatable bonds is 1. The number of nitrogens with zero attached hydrogens (tertiary/aromatic N) is 3. The van der Waals surface area contributed by atoms with E-state index in [-0.39, 0.29) is 23.0 Å². The fourth-order valence-electron chi connectivity index (χ4n) is 5.01. The van der Waals surface area contributed by atoms with Gasteiger partial charge in [-0.1, -0.05) is 37.3 Å². The number of aromatic nitrogens is 2. The van der Waals surface area contributed by atoms with Gasteiger partial charge in [0.25, 0.3) is 0 Å². The average Bonchev–Trinajstić information content (AvgIpc) is 2.99. The zero-order valence-corrected chi connectivity index (χ0v) is 14.1. The number of Topliss-reactive ketones (excluding diaryl/α,β-unsaturated/α-hetero) is 1. The quantitative estimate of drug-likeness (QED) is 0.812. The number of aryl methyl sites for hydroxylation is 2. The third kappa shape index (κ3) is 1.91. The van der Waals surface area contributed by atoms with Crippen LogP contribution in [0.15, 0.2) is 36.5 Å². The van der Waals surface area contributed by atoms with E-state index >= 15 is 0 Å². The molecule has 1 fully saturated rings. The van der Waals surface area contributed by atoms with Crippen molar-refractivity contribution in [2.45, 2.75) is 31.6 Å². The van der Waals surface area contributed by atoms with Gasteiger partial charge in [-0.05, 0) is 36.3 Å². The molecule has 1 saturated carbocycles. The molecule has 0 amide bonds. The molecule has 0 aliphatic heterocycles. The molecule has 0 spiro atoms.